The molecule has 0 aliphatic carbocycles. The maximum absolute atomic E-state index is 8.12. The van der Waals surface area contributed by atoms with Crippen molar-refractivity contribution in [3.63, 3.8) is 0 Å². The molecule has 0 aliphatic heterocycles. The Hall–Kier alpha value is 0.156. The number of nitrogens with zero attached hydrogens (tertiary/aromatic N) is 2. The first kappa shape index (κ1) is 11.9. The minimum atomic E-state index is -0.0208. The van der Waals surface area contributed by atoms with E-state index in [0.717, 1.165) is 0 Å². The molecule has 0 aromatic rings. The maximum atomic E-state index is 8.12. The van der Waals surface area contributed by atoms with Gasteiger partial charge in [0.1, 0.15) is 0 Å². The van der Waals surface area contributed by atoms with Crippen molar-refractivity contribution < 1.29 is 5.11 Å². The van der Waals surface area contributed by atoms with Crippen LogP contribution >= 0.6 is 0 Å². The molecule has 42 valence electrons. The number of aliphatic hydroxyl groups excluding tert-OH is 1. The van der Waals surface area contributed by atoms with Crippen molar-refractivity contribution in [1.82, 2.24) is 0 Å². The molecule has 0 rings (SSSR count). The van der Waals surface area contributed by atoms with Crippen LogP contribution in [0.4, 0.5) is 0 Å². The van der Waals surface area contributed by atoms with Crippen molar-refractivity contribution in [1.29, 1.82) is 10.5 Å². The summed E-state index contributed by atoms with van der Waals surface area (Å²) in [7, 11) is 0. The fraction of sp³-hybridized carbons (Fsp3) is 0.200. The van der Waals surface area contributed by atoms with E-state index in [2.05, 4.69) is 0 Å². The van der Waals surface area contributed by atoms with Crippen LogP contribution < -0.4 is 0 Å². The molecule has 0 atom stereocenters. The van der Waals surface area contributed by atoms with Crippen LogP contribution in [-0.4, -0.2) is 56.5 Å². The van der Waals surface area contributed by atoms with Crippen LogP contribution in [0.2, 0.25) is 0 Å². The summed E-state index contributed by atoms with van der Waals surface area (Å²) >= 11 is 0. The zero-order valence-corrected chi connectivity index (χ0v) is 4.13. The molecule has 0 amide bonds. The standard InChI is InChI=1S/C5H4N2O.K.H/c6-2-1-5(3-7)4-8;;/h4,8H,1H2;;/b5-4-;;. The van der Waals surface area contributed by atoms with Gasteiger partial charge in [-0.1, -0.05) is 0 Å². The van der Waals surface area contributed by atoms with Crippen molar-refractivity contribution in [2.45, 2.75) is 6.42 Å². The summed E-state index contributed by atoms with van der Waals surface area (Å²) < 4.78 is 0. The fourth-order valence-electron chi connectivity index (χ4n) is 0.199. The molecule has 0 unspecified atom stereocenters. The second-order valence-corrected chi connectivity index (χ2v) is 1.10. The van der Waals surface area contributed by atoms with Crippen LogP contribution in [0.5, 0.6) is 0 Å². The van der Waals surface area contributed by atoms with Crippen LogP contribution in [0.25, 0.3) is 0 Å². The molecule has 0 aliphatic rings. The van der Waals surface area contributed by atoms with Gasteiger partial charge in [-0.2, -0.15) is 10.5 Å². The first-order chi connectivity index (χ1) is 3.85. The van der Waals surface area contributed by atoms with E-state index >= 15 is 0 Å². The first-order valence-corrected chi connectivity index (χ1v) is 1.95. The van der Waals surface area contributed by atoms with E-state index in [1.165, 1.54) is 0 Å². The zero-order chi connectivity index (χ0) is 6.41. The van der Waals surface area contributed by atoms with E-state index in [4.69, 9.17) is 15.6 Å². The summed E-state index contributed by atoms with van der Waals surface area (Å²) in [6.07, 6.45) is 0.621. The zero-order valence-electron chi connectivity index (χ0n) is 4.13. The van der Waals surface area contributed by atoms with Gasteiger partial charge in [0, 0.05) is 0 Å². The average Bonchev–Trinajstić information content (AvgIpc) is 1.83. The molecular weight excluding hydrogens is 143 g/mol. The van der Waals surface area contributed by atoms with Gasteiger partial charge in [0.05, 0.1) is 30.4 Å². The molecule has 0 saturated carbocycles. The monoisotopic (exact) mass is 148 g/mol. The minimum absolute atomic E-state index is 0. The number of nitriles is 2. The van der Waals surface area contributed by atoms with Crippen molar-refractivity contribution in [2.24, 2.45) is 0 Å². The Morgan fingerprint density at radius 3 is 2.22 bits per heavy atom. The second-order valence-electron chi connectivity index (χ2n) is 1.10. The van der Waals surface area contributed by atoms with Gasteiger partial charge in [-0.3, -0.25) is 0 Å². The quantitative estimate of drug-likeness (QED) is 0.328. The van der Waals surface area contributed by atoms with Crippen molar-refractivity contribution in [3.05, 3.63) is 11.8 Å². The van der Waals surface area contributed by atoms with Crippen LogP contribution in [-0.2, 0) is 0 Å². The summed E-state index contributed by atoms with van der Waals surface area (Å²) in [5.74, 6) is 0. The first-order valence-electron chi connectivity index (χ1n) is 1.95. The molecule has 0 aromatic carbocycles. The number of rotatable bonds is 1. The summed E-state index contributed by atoms with van der Waals surface area (Å²) in [6.45, 7) is 0. The Morgan fingerprint density at radius 2 is 2.11 bits per heavy atom. The van der Waals surface area contributed by atoms with Gasteiger partial charge in [-0.25, -0.2) is 0 Å². The third-order valence-electron chi connectivity index (χ3n) is 0.569. The van der Waals surface area contributed by atoms with Crippen LogP contribution in [0.1, 0.15) is 6.42 Å². The molecular formula is C5H5KN2O. The van der Waals surface area contributed by atoms with E-state index in [0.29, 0.717) is 6.26 Å². The Kier molecular flexibility index (Phi) is 10.8. The molecule has 3 nitrogen and oxygen atoms in total. The van der Waals surface area contributed by atoms with E-state index in [-0.39, 0.29) is 63.4 Å². The molecule has 0 bridgehead atoms. The second kappa shape index (κ2) is 8.16. The van der Waals surface area contributed by atoms with Crippen molar-refractivity contribution >= 4 is 51.4 Å². The number of hydrogen-bond acceptors (Lipinski definition) is 3. The summed E-state index contributed by atoms with van der Waals surface area (Å²) in [5.41, 5.74) is 0.0903. The van der Waals surface area contributed by atoms with E-state index in [9.17, 15) is 0 Å². The number of aliphatic hydroxyl groups is 1. The topological polar surface area (TPSA) is 67.8 Å². The van der Waals surface area contributed by atoms with Crippen LogP contribution in [0, 0.1) is 22.7 Å². The van der Waals surface area contributed by atoms with Gasteiger partial charge in [-0.15, -0.1) is 0 Å². The predicted octanol–water partition coefficient (Wildman–Crippen LogP) is 0.217. The Labute approximate surface area is 96.0 Å². The predicted molar refractivity (Wildman–Crippen MR) is 33.7 cm³/mol. The molecule has 0 saturated heterocycles. The Balaban J connectivity index is 0. The van der Waals surface area contributed by atoms with Gasteiger partial charge < -0.3 is 5.11 Å². The fourth-order valence-corrected chi connectivity index (χ4v) is 0.199. The number of allylic oxidation sites excluding steroid dienone is 1. The third kappa shape index (κ3) is 6.04. The molecule has 4 heteroatoms. The molecule has 0 heterocycles. The van der Waals surface area contributed by atoms with E-state index in [1.807, 2.05) is 0 Å². The number of hydrogen-bond donors (Lipinski definition) is 1. The van der Waals surface area contributed by atoms with Gasteiger partial charge in [-0.05, 0) is 0 Å². The molecule has 0 radical (unpaired) electrons. The Bertz CT molecular complexity index is 174. The molecule has 0 aromatic heterocycles. The summed E-state index contributed by atoms with van der Waals surface area (Å²) in [6, 6.07) is 3.36. The SMILES string of the molecule is N#CC/C(C#N)=C/O.[KH]. The van der Waals surface area contributed by atoms with Gasteiger partial charge in [0.2, 0.25) is 0 Å². The molecule has 1 N–H and O–H groups in total. The summed E-state index contributed by atoms with van der Waals surface area (Å²) in [5, 5.41) is 24.1. The van der Waals surface area contributed by atoms with E-state index < -0.39 is 0 Å². The van der Waals surface area contributed by atoms with Gasteiger partial charge in [0.15, 0.2) is 0 Å². The van der Waals surface area contributed by atoms with Gasteiger partial charge >= 0.3 is 51.4 Å². The van der Waals surface area contributed by atoms with Crippen LogP contribution in [0.15, 0.2) is 11.8 Å². The third-order valence-corrected chi connectivity index (χ3v) is 0.569. The molecule has 0 fully saturated rings. The van der Waals surface area contributed by atoms with Crippen molar-refractivity contribution in [3.8, 4) is 12.1 Å². The van der Waals surface area contributed by atoms with Crippen LogP contribution in [0.3, 0.4) is 0 Å². The normalized spacial score (nSPS) is 8.44. The molecule has 0 spiro atoms. The Morgan fingerprint density at radius 1 is 1.56 bits per heavy atom. The average molecular weight is 148 g/mol. The van der Waals surface area contributed by atoms with E-state index in [1.54, 1.807) is 12.1 Å². The molecule has 9 heavy (non-hydrogen) atoms. The van der Waals surface area contributed by atoms with Crippen molar-refractivity contribution in [2.75, 3.05) is 0 Å². The summed E-state index contributed by atoms with van der Waals surface area (Å²) in [4.78, 5) is 0. The van der Waals surface area contributed by atoms with Gasteiger partial charge in [0.25, 0.3) is 0 Å².